The summed E-state index contributed by atoms with van der Waals surface area (Å²) in [6, 6.07) is 14.6. The van der Waals surface area contributed by atoms with Gasteiger partial charge in [-0.25, -0.2) is 4.79 Å². The third-order valence-electron chi connectivity index (χ3n) is 4.00. The van der Waals surface area contributed by atoms with E-state index in [-0.39, 0.29) is 22.1 Å². The van der Waals surface area contributed by atoms with Crippen LogP contribution >= 0.6 is 11.6 Å². The van der Waals surface area contributed by atoms with Crippen molar-refractivity contribution in [2.45, 2.75) is 20.3 Å². The molecular formula is C20H18ClNO3. The molecule has 0 aliphatic heterocycles. The van der Waals surface area contributed by atoms with Gasteiger partial charge in [-0.3, -0.25) is 4.79 Å². The third kappa shape index (κ3) is 3.17. The average molecular weight is 356 g/mol. The van der Waals surface area contributed by atoms with Gasteiger partial charge in [0.25, 0.3) is 0 Å². The van der Waals surface area contributed by atoms with Crippen LogP contribution in [0.1, 0.15) is 30.6 Å². The van der Waals surface area contributed by atoms with Crippen molar-refractivity contribution in [3.05, 3.63) is 69.5 Å². The quantitative estimate of drug-likeness (QED) is 0.590. The Bertz CT molecular complexity index is 979. The number of carbonyl (C=O) groups excluding carboxylic acids is 1. The van der Waals surface area contributed by atoms with Crippen LogP contribution in [0.4, 0.5) is 11.6 Å². The Labute approximate surface area is 150 Å². The van der Waals surface area contributed by atoms with Gasteiger partial charge in [-0.2, -0.15) is 0 Å². The molecule has 2 aromatic carbocycles. The molecule has 0 radical (unpaired) electrons. The molecule has 0 fully saturated rings. The van der Waals surface area contributed by atoms with E-state index in [1.165, 1.54) is 6.92 Å². The van der Waals surface area contributed by atoms with Gasteiger partial charge in [0.1, 0.15) is 0 Å². The normalized spacial score (nSPS) is 10.8. The number of carbonyl (C=O) groups is 1. The van der Waals surface area contributed by atoms with Gasteiger partial charge in [-0.1, -0.05) is 48.9 Å². The second kappa shape index (κ2) is 7.11. The number of ketones is 1. The van der Waals surface area contributed by atoms with Crippen LogP contribution < -0.4 is 10.5 Å². The fraction of sp³-hybridized carbons (Fsp3) is 0.200. The number of fused-ring (bicyclic) bond motifs is 1. The van der Waals surface area contributed by atoms with Gasteiger partial charge in [-0.15, -0.1) is 0 Å². The van der Waals surface area contributed by atoms with Gasteiger partial charge in [-0.05, 0) is 31.5 Å². The molecule has 1 heterocycles. The Morgan fingerprint density at radius 3 is 2.48 bits per heavy atom. The largest absolute Gasteiger partial charge is 0.405 e. The van der Waals surface area contributed by atoms with E-state index < -0.39 is 5.63 Å². The lowest BCUT2D eigenvalue weighted by Crippen LogP contribution is -2.22. The van der Waals surface area contributed by atoms with Crippen molar-refractivity contribution >= 4 is 39.7 Å². The summed E-state index contributed by atoms with van der Waals surface area (Å²) in [7, 11) is 0. The second-order valence-corrected chi connectivity index (χ2v) is 6.18. The fourth-order valence-corrected chi connectivity index (χ4v) is 3.21. The van der Waals surface area contributed by atoms with Crippen LogP contribution in [-0.4, -0.2) is 12.3 Å². The van der Waals surface area contributed by atoms with E-state index in [4.69, 9.17) is 16.0 Å². The predicted molar refractivity (Wildman–Crippen MR) is 101 cm³/mol. The molecule has 25 heavy (non-hydrogen) atoms. The van der Waals surface area contributed by atoms with Crippen LogP contribution in [0.2, 0.25) is 5.02 Å². The van der Waals surface area contributed by atoms with E-state index in [1.54, 1.807) is 18.2 Å². The van der Waals surface area contributed by atoms with Gasteiger partial charge < -0.3 is 9.32 Å². The molecule has 1 aromatic heterocycles. The van der Waals surface area contributed by atoms with Crippen LogP contribution in [0.3, 0.4) is 0 Å². The van der Waals surface area contributed by atoms with Crippen molar-refractivity contribution in [1.82, 2.24) is 0 Å². The molecule has 4 nitrogen and oxygen atoms in total. The molecule has 0 saturated heterocycles. The number of Topliss-reactive ketones (excluding diaryl/α,β-unsaturated/α-hetero) is 1. The minimum atomic E-state index is -0.544. The highest BCUT2D eigenvalue weighted by molar-refractivity contribution is 6.36. The Kier molecular flexibility index (Phi) is 4.91. The number of hydrogen-bond donors (Lipinski definition) is 0. The highest BCUT2D eigenvalue weighted by atomic mass is 35.5. The fourth-order valence-electron chi connectivity index (χ4n) is 2.95. The van der Waals surface area contributed by atoms with Crippen molar-refractivity contribution in [2.24, 2.45) is 0 Å². The van der Waals surface area contributed by atoms with Crippen molar-refractivity contribution in [2.75, 3.05) is 11.4 Å². The summed E-state index contributed by atoms with van der Waals surface area (Å²) in [4.78, 5) is 26.8. The van der Waals surface area contributed by atoms with Gasteiger partial charge in [0, 0.05) is 17.6 Å². The second-order valence-electron chi connectivity index (χ2n) is 5.78. The standard InChI is InChI=1S/C20H18ClNO3/c1-3-12-22(14-8-5-4-6-9-14)19-17(13(2)23)15-10-7-11-16(21)18(15)20(24)25-19/h4-11H,3,12H2,1-2H3. The molecule has 0 unspecified atom stereocenters. The lowest BCUT2D eigenvalue weighted by Gasteiger charge is -2.24. The number of rotatable bonds is 5. The summed E-state index contributed by atoms with van der Waals surface area (Å²) in [6.07, 6.45) is 0.823. The summed E-state index contributed by atoms with van der Waals surface area (Å²) in [5.74, 6) is 0.0865. The molecule has 3 aromatic rings. The van der Waals surface area contributed by atoms with Gasteiger partial charge in [0.05, 0.1) is 16.0 Å². The lowest BCUT2D eigenvalue weighted by atomic mass is 10.0. The number of benzene rings is 2. The molecule has 5 heteroatoms. The summed E-state index contributed by atoms with van der Waals surface area (Å²) in [6.45, 7) is 4.10. The maximum atomic E-state index is 12.5. The SMILES string of the molecule is CCCN(c1ccccc1)c1oc(=O)c2c(Cl)cccc2c1C(C)=O. The van der Waals surface area contributed by atoms with Crippen molar-refractivity contribution < 1.29 is 9.21 Å². The highest BCUT2D eigenvalue weighted by Gasteiger charge is 2.23. The molecule has 0 amide bonds. The summed E-state index contributed by atoms with van der Waals surface area (Å²) < 4.78 is 5.60. The van der Waals surface area contributed by atoms with Crippen LogP contribution in [0.5, 0.6) is 0 Å². The highest BCUT2D eigenvalue weighted by Crippen LogP contribution is 2.34. The van der Waals surface area contributed by atoms with E-state index in [1.807, 2.05) is 42.2 Å². The first-order valence-electron chi connectivity index (χ1n) is 8.13. The zero-order chi connectivity index (χ0) is 18.0. The van der Waals surface area contributed by atoms with Crippen molar-refractivity contribution in [3.63, 3.8) is 0 Å². The molecule has 0 N–H and O–H groups in total. The number of hydrogen-bond acceptors (Lipinski definition) is 4. The monoisotopic (exact) mass is 355 g/mol. The number of halogens is 1. The molecule has 0 atom stereocenters. The van der Waals surface area contributed by atoms with E-state index >= 15 is 0 Å². The van der Waals surface area contributed by atoms with Crippen LogP contribution in [-0.2, 0) is 0 Å². The van der Waals surface area contributed by atoms with E-state index in [2.05, 4.69) is 0 Å². The van der Waals surface area contributed by atoms with E-state index in [9.17, 15) is 9.59 Å². The van der Waals surface area contributed by atoms with Gasteiger partial charge in [0.15, 0.2) is 5.78 Å². The Balaban J connectivity index is 2.36. The number of anilines is 2. The molecular weight excluding hydrogens is 338 g/mol. The molecule has 3 rings (SSSR count). The van der Waals surface area contributed by atoms with Crippen LogP contribution in [0, 0.1) is 0 Å². The average Bonchev–Trinajstić information content (AvgIpc) is 2.59. The summed E-state index contributed by atoms with van der Waals surface area (Å²) >= 11 is 6.16. The molecule has 128 valence electrons. The van der Waals surface area contributed by atoms with Gasteiger partial charge in [0.2, 0.25) is 5.88 Å². The number of nitrogens with zero attached hydrogens (tertiary/aromatic N) is 1. The third-order valence-corrected chi connectivity index (χ3v) is 4.32. The predicted octanol–water partition coefficient (Wildman–Crippen LogP) is 5.20. The van der Waals surface area contributed by atoms with Gasteiger partial charge >= 0.3 is 5.63 Å². The Morgan fingerprint density at radius 1 is 1.12 bits per heavy atom. The number of para-hydroxylation sites is 1. The molecule has 0 aliphatic carbocycles. The van der Waals surface area contributed by atoms with E-state index in [0.29, 0.717) is 17.5 Å². The smallest absolute Gasteiger partial charge is 0.346 e. The first kappa shape index (κ1) is 17.2. The van der Waals surface area contributed by atoms with E-state index in [0.717, 1.165) is 12.1 Å². The zero-order valence-corrected chi connectivity index (χ0v) is 14.8. The Morgan fingerprint density at radius 2 is 1.84 bits per heavy atom. The maximum absolute atomic E-state index is 12.5. The summed E-state index contributed by atoms with van der Waals surface area (Å²) in [5, 5.41) is 1.04. The first-order chi connectivity index (χ1) is 12.0. The minimum Gasteiger partial charge on any atom is -0.405 e. The molecule has 0 spiro atoms. The topological polar surface area (TPSA) is 50.5 Å². The molecule has 0 aliphatic rings. The maximum Gasteiger partial charge on any atom is 0.346 e. The summed E-state index contributed by atoms with van der Waals surface area (Å²) in [5.41, 5.74) is 0.684. The van der Waals surface area contributed by atoms with Crippen LogP contribution in [0.25, 0.3) is 10.8 Å². The molecule has 0 bridgehead atoms. The van der Waals surface area contributed by atoms with Crippen LogP contribution in [0.15, 0.2) is 57.7 Å². The molecule has 0 saturated carbocycles. The zero-order valence-electron chi connectivity index (χ0n) is 14.1. The minimum absolute atomic E-state index is 0.178. The lowest BCUT2D eigenvalue weighted by molar-refractivity contribution is 0.101. The van der Waals surface area contributed by atoms with Crippen molar-refractivity contribution in [3.8, 4) is 0 Å². The first-order valence-corrected chi connectivity index (χ1v) is 8.51. The van der Waals surface area contributed by atoms with Crippen molar-refractivity contribution in [1.29, 1.82) is 0 Å². The Hall–Kier alpha value is -2.59.